The number of benzene rings is 1. The highest BCUT2D eigenvalue weighted by Crippen LogP contribution is 2.20. The summed E-state index contributed by atoms with van der Waals surface area (Å²) in [7, 11) is 0. The van der Waals surface area contributed by atoms with Crippen LogP contribution in [0.4, 0.5) is 0 Å². The van der Waals surface area contributed by atoms with E-state index in [0.29, 0.717) is 6.54 Å². The molecule has 9 heteroatoms. The first-order chi connectivity index (χ1) is 12.9. The van der Waals surface area contributed by atoms with Crippen molar-refractivity contribution >= 4 is 35.3 Å². The van der Waals surface area contributed by atoms with E-state index in [2.05, 4.69) is 15.0 Å². The second-order valence-electron chi connectivity index (χ2n) is 5.94. The molecule has 0 saturated carbocycles. The minimum atomic E-state index is -1.13. The monoisotopic (exact) mass is 386 g/mol. The third kappa shape index (κ3) is 3.68. The topological polar surface area (TPSA) is 123 Å². The van der Waals surface area contributed by atoms with Gasteiger partial charge in [-0.3, -0.25) is 19.3 Å². The number of aromatic nitrogens is 3. The van der Waals surface area contributed by atoms with Crippen molar-refractivity contribution in [2.24, 2.45) is 4.99 Å². The van der Waals surface area contributed by atoms with Crippen LogP contribution in [0.1, 0.15) is 18.1 Å². The summed E-state index contributed by atoms with van der Waals surface area (Å²) in [5, 5.41) is 20.7. The molecule has 3 rings (SSSR count). The van der Waals surface area contributed by atoms with Crippen LogP contribution in [0.5, 0.6) is 5.88 Å². The summed E-state index contributed by atoms with van der Waals surface area (Å²) in [4.78, 5) is 33.3. The number of aromatic amines is 2. The number of carbonyl (C=O) groups is 1. The summed E-state index contributed by atoms with van der Waals surface area (Å²) in [5.74, 6) is -1.47. The Morgan fingerprint density at radius 1 is 1.41 bits per heavy atom. The molecule has 0 saturated heterocycles. The van der Waals surface area contributed by atoms with Crippen molar-refractivity contribution in [3.05, 3.63) is 56.7 Å². The smallest absolute Gasteiger partial charge is 0.328 e. The van der Waals surface area contributed by atoms with Crippen LogP contribution in [0, 0.1) is 4.77 Å². The van der Waals surface area contributed by atoms with Gasteiger partial charge in [-0.15, -0.1) is 0 Å². The summed E-state index contributed by atoms with van der Waals surface area (Å²) in [5.41, 5.74) is 0.954. The lowest BCUT2D eigenvalue weighted by atomic mass is 10.1. The number of nitrogens with one attached hydrogen (secondary N) is 2. The van der Waals surface area contributed by atoms with Crippen molar-refractivity contribution < 1.29 is 15.0 Å². The average molecular weight is 386 g/mol. The first kappa shape index (κ1) is 18.6. The molecule has 0 aliphatic rings. The Labute approximate surface area is 158 Å². The van der Waals surface area contributed by atoms with E-state index in [9.17, 15) is 19.8 Å². The van der Waals surface area contributed by atoms with Crippen LogP contribution in [0.2, 0.25) is 0 Å². The minimum absolute atomic E-state index is 0.0886. The number of fused-ring (bicyclic) bond motifs is 1. The molecule has 0 aliphatic carbocycles. The van der Waals surface area contributed by atoms with Gasteiger partial charge in [0, 0.05) is 36.3 Å². The molecule has 1 unspecified atom stereocenters. The van der Waals surface area contributed by atoms with Crippen molar-refractivity contribution in [3.8, 4) is 5.88 Å². The van der Waals surface area contributed by atoms with Gasteiger partial charge in [-0.25, -0.2) is 4.79 Å². The fourth-order valence-corrected chi connectivity index (χ4v) is 3.17. The van der Waals surface area contributed by atoms with Crippen LogP contribution in [0.3, 0.4) is 0 Å². The van der Waals surface area contributed by atoms with Gasteiger partial charge in [-0.05, 0) is 30.8 Å². The van der Waals surface area contributed by atoms with Crippen LogP contribution < -0.4 is 5.56 Å². The highest BCUT2D eigenvalue weighted by atomic mass is 32.1. The van der Waals surface area contributed by atoms with Gasteiger partial charge in [0.05, 0.1) is 0 Å². The molecule has 2 aromatic heterocycles. The fourth-order valence-electron chi connectivity index (χ4n) is 2.86. The molecule has 2 heterocycles. The number of hydrogen-bond donors (Lipinski definition) is 4. The van der Waals surface area contributed by atoms with Gasteiger partial charge in [-0.1, -0.05) is 18.2 Å². The number of H-pyrrole nitrogens is 2. The maximum atomic E-state index is 12.1. The summed E-state index contributed by atoms with van der Waals surface area (Å²) in [6.07, 6.45) is 2.97. The number of rotatable bonds is 6. The Morgan fingerprint density at radius 2 is 2.15 bits per heavy atom. The number of nitrogens with zero attached hydrogens (tertiary/aromatic N) is 2. The number of aromatic hydroxyl groups is 1. The normalized spacial score (nSPS) is 12.6. The maximum absolute atomic E-state index is 12.1. The van der Waals surface area contributed by atoms with Gasteiger partial charge in [-0.2, -0.15) is 0 Å². The van der Waals surface area contributed by atoms with Crippen LogP contribution in [0.25, 0.3) is 10.9 Å². The molecule has 27 heavy (non-hydrogen) atoms. The molecular formula is C18H18N4O4S. The largest absolute Gasteiger partial charge is 0.494 e. The Balaban J connectivity index is 1.95. The molecule has 0 bridgehead atoms. The summed E-state index contributed by atoms with van der Waals surface area (Å²) >= 11 is 4.99. The Kier molecular flexibility index (Phi) is 5.22. The Bertz CT molecular complexity index is 1140. The number of aliphatic carboxylic acids is 1. The van der Waals surface area contributed by atoms with Gasteiger partial charge in [0.2, 0.25) is 5.88 Å². The minimum Gasteiger partial charge on any atom is -0.494 e. The lowest BCUT2D eigenvalue weighted by Crippen LogP contribution is -2.23. The Morgan fingerprint density at radius 3 is 2.85 bits per heavy atom. The second kappa shape index (κ2) is 7.58. The van der Waals surface area contributed by atoms with Crippen molar-refractivity contribution in [2.75, 3.05) is 0 Å². The van der Waals surface area contributed by atoms with Gasteiger partial charge in [0.25, 0.3) is 5.56 Å². The molecule has 0 aliphatic heterocycles. The fraction of sp³-hybridized carbons (Fsp3) is 0.222. The number of carboxylic acid groups (broad SMARTS) is 1. The van der Waals surface area contributed by atoms with Crippen molar-refractivity contribution in [1.29, 1.82) is 0 Å². The molecule has 8 nitrogen and oxygen atoms in total. The highest BCUT2D eigenvalue weighted by Gasteiger charge is 2.19. The van der Waals surface area contributed by atoms with E-state index in [-0.39, 0.29) is 22.6 Å². The molecule has 1 atom stereocenters. The molecule has 0 fully saturated rings. The third-order valence-electron chi connectivity index (χ3n) is 4.28. The van der Waals surface area contributed by atoms with E-state index in [4.69, 9.17) is 12.2 Å². The molecular weight excluding hydrogens is 368 g/mol. The maximum Gasteiger partial charge on any atom is 0.328 e. The zero-order valence-electron chi connectivity index (χ0n) is 14.5. The molecule has 3 aromatic rings. The summed E-state index contributed by atoms with van der Waals surface area (Å²) in [6.45, 7) is 2.10. The molecule has 0 spiro atoms. The van der Waals surface area contributed by atoms with Crippen molar-refractivity contribution in [3.63, 3.8) is 0 Å². The van der Waals surface area contributed by atoms with E-state index < -0.39 is 17.6 Å². The van der Waals surface area contributed by atoms with E-state index in [0.717, 1.165) is 22.7 Å². The van der Waals surface area contributed by atoms with Gasteiger partial charge < -0.3 is 15.2 Å². The van der Waals surface area contributed by atoms with Crippen LogP contribution in [0.15, 0.2) is 40.2 Å². The number of hydrogen-bond acceptors (Lipinski definition) is 5. The zero-order chi connectivity index (χ0) is 19.6. The molecule has 1 aromatic carbocycles. The SMILES string of the molecule is CCn1c(O)c(C=NC(Cc2c[nH]c3ccccc23)C(=O)O)c(=O)[nH]c1=S. The van der Waals surface area contributed by atoms with Crippen LogP contribution in [-0.2, 0) is 17.8 Å². The van der Waals surface area contributed by atoms with E-state index >= 15 is 0 Å². The third-order valence-corrected chi connectivity index (χ3v) is 4.60. The number of carboxylic acids is 1. The van der Waals surface area contributed by atoms with Gasteiger partial charge in [0.1, 0.15) is 5.56 Å². The summed E-state index contributed by atoms with van der Waals surface area (Å²) in [6, 6.07) is 6.44. The number of para-hydroxylation sites is 1. The first-order valence-electron chi connectivity index (χ1n) is 8.29. The molecule has 0 amide bonds. The highest BCUT2D eigenvalue weighted by molar-refractivity contribution is 7.71. The standard InChI is InChI=1S/C18H18N4O4S/c1-2-22-16(24)12(15(23)21-18(22)27)9-20-14(17(25)26)7-10-8-19-13-6-4-3-5-11(10)13/h3-6,8-9,14,19,24H,2,7H2,1H3,(H,25,26)(H,21,23,27). The van der Waals surface area contributed by atoms with Gasteiger partial charge in [0.15, 0.2) is 10.8 Å². The predicted molar refractivity (Wildman–Crippen MR) is 104 cm³/mol. The summed E-state index contributed by atoms with van der Waals surface area (Å²) < 4.78 is 1.42. The zero-order valence-corrected chi connectivity index (χ0v) is 15.3. The average Bonchev–Trinajstić information content (AvgIpc) is 3.03. The first-order valence-corrected chi connectivity index (χ1v) is 8.70. The predicted octanol–water partition coefficient (Wildman–Crippen LogP) is 2.23. The molecule has 4 N–H and O–H groups in total. The lowest BCUT2D eigenvalue weighted by Gasteiger charge is -2.09. The second-order valence-corrected chi connectivity index (χ2v) is 6.32. The van der Waals surface area contributed by atoms with Crippen molar-refractivity contribution in [1.82, 2.24) is 14.5 Å². The Hall–Kier alpha value is -3.20. The van der Waals surface area contributed by atoms with E-state index in [1.54, 1.807) is 13.1 Å². The lowest BCUT2D eigenvalue weighted by molar-refractivity contribution is -0.138. The van der Waals surface area contributed by atoms with E-state index in [1.807, 2.05) is 24.3 Å². The quantitative estimate of drug-likeness (QED) is 0.382. The van der Waals surface area contributed by atoms with Crippen molar-refractivity contribution in [2.45, 2.75) is 25.9 Å². The number of aliphatic imine (C=N–C) groups is 1. The van der Waals surface area contributed by atoms with Crippen LogP contribution >= 0.6 is 12.2 Å². The molecule has 0 radical (unpaired) electrons. The van der Waals surface area contributed by atoms with Crippen LogP contribution in [-0.4, -0.2) is 43.0 Å². The van der Waals surface area contributed by atoms with Gasteiger partial charge >= 0.3 is 5.97 Å². The molecule has 140 valence electrons. The van der Waals surface area contributed by atoms with E-state index in [1.165, 1.54) is 4.57 Å².